The van der Waals surface area contributed by atoms with Crippen LogP contribution in [0.25, 0.3) is 11.0 Å². The molecule has 1 amide bonds. The highest BCUT2D eigenvalue weighted by Crippen LogP contribution is 2.27. The lowest BCUT2D eigenvalue weighted by Crippen LogP contribution is -2.50. The van der Waals surface area contributed by atoms with Gasteiger partial charge in [0.2, 0.25) is 0 Å². The number of likely N-dealkylation sites (tertiary alicyclic amines) is 1. The zero-order chi connectivity index (χ0) is 24.6. The molecule has 35 heavy (non-hydrogen) atoms. The second kappa shape index (κ2) is 8.88. The van der Waals surface area contributed by atoms with Crippen molar-refractivity contribution in [1.82, 2.24) is 24.6 Å². The second-order valence-electron chi connectivity index (χ2n) is 8.82. The number of amides is 1. The molecule has 0 spiro atoms. The third-order valence-corrected chi connectivity index (χ3v) is 6.37. The van der Waals surface area contributed by atoms with E-state index in [1.165, 1.54) is 22.9 Å². The van der Waals surface area contributed by atoms with E-state index in [0.717, 1.165) is 0 Å². The minimum absolute atomic E-state index is 0.108. The fraction of sp³-hybridized carbons (Fsp3) is 0.280. The Bertz CT molecular complexity index is 1420. The van der Waals surface area contributed by atoms with Gasteiger partial charge in [-0.2, -0.15) is 5.10 Å². The maximum Gasteiger partial charge on any atom is 0.264 e. The SMILES string of the molecule is Cc1nc2[nH]ncc2c(=O)n1CC1(O)CCN(C(=O)c2ccc(Oc3ccc(O)cc3)cc2)CC1. The molecule has 0 aliphatic carbocycles. The van der Waals surface area contributed by atoms with Crippen LogP contribution < -0.4 is 10.3 Å². The predicted octanol–water partition coefficient (Wildman–Crippen LogP) is 2.59. The quantitative estimate of drug-likeness (QED) is 0.404. The highest BCUT2D eigenvalue weighted by Gasteiger charge is 2.35. The molecule has 5 rings (SSSR count). The molecule has 3 N–H and O–H groups in total. The lowest BCUT2D eigenvalue weighted by atomic mass is 9.90. The van der Waals surface area contributed by atoms with E-state index < -0.39 is 5.60 Å². The number of hydrogen-bond donors (Lipinski definition) is 3. The number of aromatic nitrogens is 4. The molecule has 1 aliphatic heterocycles. The van der Waals surface area contributed by atoms with Crippen molar-refractivity contribution in [3.05, 3.63) is 76.5 Å². The van der Waals surface area contributed by atoms with Crippen molar-refractivity contribution >= 4 is 16.9 Å². The van der Waals surface area contributed by atoms with Gasteiger partial charge in [0.1, 0.15) is 28.5 Å². The van der Waals surface area contributed by atoms with Crippen molar-refractivity contribution in [2.24, 2.45) is 0 Å². The van der Waals surface area contributed by atoms with Crippen molar-refractivity contribution in [1.29, 1.82) is 0 Å². The van der Waals surface area contributed by atoms with Gasteiger partial charge < -0.3 is 19.8 Å². The maximum atomic E-state index is 13.0. The normalized spacial score (nSPS) is 15.3. The lowest BCUT2D eigenvalue weighted by Gasteiger charge is -2.38. The molecule has 1 saturated heterocycles. The summed E-state index contributed by atoms with van der Waals surface area (Å²) in [4.78, 5) is 31.9. The molecular weight excluding hydrogens is 450 g/mol. The Kier molecular flexibility index (Phi) is 5.73. The summed E-state index contributed by atoms with van der Waals surface area (Å²) in [5.41, 5.74) is -0.416. The Morgan fingerprint density at radius 1 is 1.09 bits per heavy atom. The molecule has 2 aromatic carbocycles. The number of rotatable bonds is 5. The van der Waals surface area contributed by atoms with Gasteiger partial charge >= 0.3 is 0 Å². The van der Waals surface area contributed by atoms with Crippen molar-refractivity contribution in [2.75, 3.05) is 13.1 Å². The predicted molar refractivity (Wildman–Crippen MR) is 128 cm³/mol. The number of hydrogen-bond acceptors (Lipinski definition) is 7. The van der Waals surface area contributed by atoms with Gasteiger partial charge in [0, 0.05) is 18.7 Å². The van der Waals surface area contributed by atoms with Crippen LogP contribution in [0.2, 0.25) is 0 Å². The number of nitrogens with zero attached hydrogens (tertiary/aromatic N) is 4. The van der Waals surface area contributed by atoms with E-state index in [1.54, 1.807) is 48.2 Å². The Morgan fingerprint density at radius 3 is 2.37 bits per heavy atom. The number of carbonyl (C=O) groups excluding carboxylic acids is 1. The van der Waals surface area contributed by atoms with Crippen LogP contribution in [0.3, 0.4) is 0 Å². The molecule has 2 aromatic heterocycles. The summed E-state index contributed by atoms with van der Waals surface area (Å²) < 4.78 is 7.20. The molecule has 4 aromatic rings. The van der Waals surface area contributed by atoms with Crippen molar-refractivity contribution in [3.8, 4) is 17.2 Å². The number of aliphatic hydroxyl groups is 1. The van der Waals surface area contributed by atoms with E-state index in [1.807, 2.05) is 0 Å². The van der Waals surface area contributed by atoms with Crippen LogP contribution in [0.4, 0.5) is 0 Å². The zero-order valence-electron chi connectivity index (χ0n) is 19.1. The van der Waals surface area contributed by atoms with Gasteiger partial charge in [0.05, 0.1) is 18.3 Å². The lowest BCUT2D eigenvalue weighted by molar-refractivity contribution is -0.0303. The number of fused-ring (bicyclic) bond motifs is 1. The van der Waals surface area contributed by atoms with Gasteiger partial charge in [-0.3, -0.25) is 19.3 Å². The standard InChI is InChI=1S/C25H25N5O5/c1-16-27-22-21(14-26-28-22)24(33)30(16)15-25(34)10-12-29(13-11-25)23(32)17-2-6-19(7-3-17)35-20-8-4-18(31)5-9-20/h2-9,14,31,34H,10-13,15H2,1H3,(H,26,28). The summed E-state index contributed by atoms with van der Waals surface area (Å²) in [5.74, 6) is 1.67. The topological polar surface area (TPSA) is 134 Å². The molecule has 0 unspecified atom stereocenters. The van der Waals surface area contributed by atoms with Crippen LogP contribution in [0.15, 0.2) is 59.5 Å². The van der Waals surface area contributed by atoms with E-state index in [4.69, 9.17) is 4.74 Å². The van der Waals surface area contributed by atoms with Crippen LogP contribution in [0.5, 0.6) is 17.2 Å². The molecule has 10 nitrogen and oxygen atoms in total. The number of phenols is 1. The molecule has 0 atom stereocenters. The number of ether oxygens (including phenoxy) is 1. The van der Waals surface area contributed by atoms with Crippen LogP contribution in [0.1, 0.15) is 29.0 Å². The molecular formula is C25H25N5O5. The third-order valence-electron chi connectivity index (χ3n) is 6.37. The van der Waals surface area contributed by atoms with Crippen molar-refractivity contribution in [3.63, 3.8) is 0 Å². The first-order chi connectivity index (χ1) is 16.8. The van der Waals surface area contributed by atoms with Crippen LogP contribution >= 0.6 is 0 Å². The minimum atomic E-state index is -1.12. The van der Waals surface area contributed by atoms with Gasteiger partial charge in [-0.1, -0.05) is 0 Å². The summed E-state index contributed by atoms with van der Waals surface area (Å²) in [6.45, 7) is 2.57. The molecule has 0 saturated carbocycles. The Labute approximate surface area is 200 Å². The number of nitrogens with one attached hydrogen (secondary N) is 1. The van der Waals surface area contributed by atoms with Gasteiger partial charge in [-0.25, -0.2) is 4.98 Å². The van der Waals surface area contributed by atoms with E-state index in [-0.39, 0.29) is 23.8 Å². The van der Waals surface area contributed by atoms with Gasteiger partial charge in [-0.05, 0) is 68.3 Å². The molecule has 0 radical (unpaired) electrons. The first kappa shape index (κ1) is 22.6. The monoisotopic (exact) mass is 475 g/mol. The molecule has 180 valence electrons. The Balaban J connectivity index is 1.22. The average molecular weight is 476 g/mol. The first-order valence-electron chi connectivity index (χ1n) is 11.3. The fourth-order valence-electron chi connectivity index (χ4n) is 4.30. The molecule has 3 heterocycles. The first-order valence-corrected chi connectivity index (χ1v) is 11.3. The highest BCUT2D eigenvalue weighted by atomic mass is 16.5. The molecule has 1 aliphatic rings. The number of piperidine rings is 1. The van der Waals surface area contributed by atoms with E-state index >= 15 is 0 Å². The minimum Gasteiger partial charge on any atom is -0.508 e. The maximum absolute atomic E-state index is 13.0. The Morgan fingerprint density at radius 2 is 1.71 bits per heavy atom. The van der Waals surface area contributed by atoms with E-state index in [2.05, 4.69) is 15.2 Å². The van der Waals surface area contributed by atoms with Gasteiger partial charge in [0.25, 0.3) is 11.5 Å². The average Bonchev–Trinajstić information content (AvgIpc) is 3.32. The van der Waals surface area contributed by atoms with Crippen molar-refractivity contribution in [2.45, 2.75) is 31.9 Å². The van der Waals surface area contributed by atoms with E-state index in [9.17, 15) is 19.8 Å². The zero-order valence-corrected chi connectivity index (χ0v) is 19.1. The molecule has 1 fully saturated rings. The Hall–Kier alpha value is -4.18. The third kappa shape index (κ3) is 4.60. The summed E-state index contributed by atoms with van der Waals surface area (Å²) in [6, 6.07) is 13.2. The highest BCUT2D eigenvalue weighted by molar-refractivity contribution is 5.94. The summed E-state index contributed by atoms with van der Waals surface area (Å²) >= 11 is 0. The number of phenolic OH excluding ortho intramolecular Hbond substituents is 1. The van der Waals surface area contributed by atoms with Gasteiger partial charge in [0.15, 0.2) is 5.65 Å². The summed E-state index contributed by atoms with van der Waals surface area (Å²) in [5, 5.41) is 27.5. The largest absolute Gasteiger partial charge is 0.508 e. The molecule has 0 bridgehead atoms. The van der Waals surface area contributed by atoms with Gasteiger partial charge in [-0.15, -0.1) is 0 Å². The number of benzene rings is 2. The number of aryl methyl sites for hydroxylation is 1. The summed E-state index contributed by atoms with van der Waals surface area (Å²) in [6.07, 6.45) is 2.12. The van der Waals surface area contributed by atoms with E-state index in [0.29, 0.717) is 59.9 Å². The van der Waals surface area contributed by atoms with Crippen LogP contribution in [-0.4, -0.2) is 59.5 Å². The van der Waals surface area contributed by atoms with Crippen LogP contribution in [0, 0.1) is 6.92 Å². The smallest absolute Gasteiger partial charge is 0.264 e. The fourth-order valence-corrected chi connectivity index (χ4v) is 4.30. The number of carbonyl (C=O) groups is 1. The number of aromatic hydroxyl groups is 1. The summed E-state index contributed by atoms with van der Waals surface area (Å²) in [7, 11) is 0. The molecule has 10 heteroatoms. The van der Waals surface area contributed by atoms with Crippen LogP contribution in [-0.2, 0) is 6.54 Å². The number of H-pyrrole nitrogens is 1. The number of aromatic amines is 1. The van der Waals surface area contributed by atoms with Crippen molar-refractivity contribution < 1.29 is 19.7 Å². The second-order valence-corrected chi connectivity index (χ2v) is 8.82.